The predicted octanol–water partition coefficient (Wildman–Crippen LogP) is 2.70. The maximum atomic E-state index is 12.5. The molecule has 0 aliphatic heterocycles. The van der Waals surface area contributed by atoms with Gasteiger partial charge in [-0.3, -0.25) is 10.1 Å². The Kier molecular flexibility index (Phi) is 5.16. The molecule has 1 aliphatic rings. The third-order valence-electron chi connectivity index (χ3n) is 4.74. The smallest absolute Gasteiger partial charge is 0.322 e. The number of benzene rings is 2. The van der Waals surface area contributed by atoms with Crippen LogP contribution in [-0.2, 0) is 16.4 Å². The summed E-state index contributed by atoms with van der Waals surface area (Å²) in [5, 5.41) is 10.3. The Balaban J connectivity index is 1.41. The molecule has 9 heteroatoms. The molecule has 2 aromatic carbocycles. The van der Waals surface area contributed by atoms with Gasteiger partial charge in [0, 0.05) is 18.7 Å². The molecule has 0 spiro atoms. The molecule has 1 fully saturated rings. The normalized spacial score (nSPS) is 14.1. The molecule has 1 amide bonds. The molecule has 0 atom stereocenters. The molecule has 3 aromatic rings. The fourth-order valence-electron chi connectivity index (χ4n) is 2.89. The van der Waals surface area contributed by atoms with Crippen LogP contribution in [0, 0.1) is 0 Å². The van der Waals surface area contributed by atoms with Gasteiger partial charge in [-0.1, -0.05) is 35.4 Å². The number of amides is 1. The molecule has 0 radical (unpaired) electrons. The highest BCUT2D eigenvalue weighted by atomic mass is 32.2. The fourth-order valence-corrected chi connectivity index (χ4v) is 4.31. The third kappa shape index (κ3) is 4.36. The van der Waals surface area contributed by atoms with Gasteiger partial charge >= 0.3 is 6.01 Å². The lowest BCUT2D eigenvalue weighted by molar-refractivity contribution is 0.102. The third-order valence-corrected chi connectivity index (χ3v) is 6.66. The average molecular weight is 412 g/mol. The molecular weight excluding hydrogens is 392 g/mol. The molecule has 1 N–H and O–H groups in total. The van der Waals surface area contributed by atoms with Crippen LogP contribution in [0.15, 0.2) is 63.9 Å². The Bertz CT molecular complexity index is 1110. The predicted molar refractivity (Wildman–Crippen MR) is 106 cm³/mol. The number of sulfonamides is 1. The summed E-state index contributed by atoms with van der Waals surface area (Å²) in [5.74, 6) is -0.0736. The Morgan fingerprint density at radius 3 is 2.45 bits per heavy atom. The number of carbonyl (C=O) groups excluding carboxylic acids is 1. The number of hydrogen-bond acceptors (Lipinski definition) is 6. The standard InChI is InChI=1S/C20H20N4O4S/c1-24(16-9-10-16)29(26,27)17-11-7-15(8-12-17)19(25)21-20-23-22-18(28-20)13-14-5-3-2-4-6-14/h2-8,11-12,16H,9-10,13H2,1H3,(H,21,23,25). The summed E-state index contributed by atoms with van der Waals surface area (Å²) >= 11 is 0. The first kappa shape index (κ1) is 19.3. The van der Waals surface area contributed by atoms with Gasteiger partial charge in [-0.15, -0.1) is 5.10 Å². The van der Waals surface area contributed by atoms with E-state index in [2.05, 4.69) is 15.5 Å². The molecule has 150 valence electrons. The molecule has 8 nitrogen and oxygen atoms in total. The minimum absolute atomic E-state index is 0.00824. The van der Waals surface area contributed by atoms with E-state index in [0.29, 0.717) is 17.9 Å². The number of anilines is 1. The molecule has 1 aromatic heterocycles. The van der Waals surface area contributed by atoms with Crippen molar-refractivity contribution < 1.29 is 17.6 Å². The minimum atomic E-state index is -3.54. The van der Waals surface area contributed by atoms with Gasteiger partial charge in [0.25, 0.3) is 5.91 Å². The number of nitrogens with one attached hydrogen (secondary N) is 1. The van der Waals surface area contributed by atoms with Crippen molar-refractivity contribution in [2.75, 3.05) is 12.4 Å². The van der Waals surface area contributed by atoms with E-state index in [1.165, 1.54) is 28.6 Å². The lowest BCUT2D eigenvalue weighted by Crippen LogP contribution is -2.29. The van der Waals surface area contributed by atoms with Gasteiger partial charge in [-0.05, 0) is 42.7 Å². The van der Waals surface area contributed by atoms with Gasteiger partial charge < -0.3 is 4.42 Å². The van der Waals surface area contributed by atoms with Crippen molar-refractivity contribution in [1.82, 2.24) is 14.5 Å². The summed E-state index contributed by atoms with van der Waals surface area (Å²) in [5.41, 5.74) is 1.31. The Labute approximate surface area is 168 Å². The molecule has 1 heterocycles. The average Bonchev–Trinajstić information content (AvgIpc) is 3.49. The summed E-state index contributed by atoms with van der Waals surface area (Å²) in [6.07, 6.45) is 2.23. The maximum Gasteiger partial charge on any atom is 0.322 e. The highest BCUT2D eigenvalue weighted by Crippen LogP contribution is 2.30. The summed E-state index contributed by atoms with van der Waals surface area (Å²) in [4.78, 5) is 12.6. The van der Waals surface area contributed by atoms with E-state index in [0.717, 1.165) is 18.4 Å². The number of nitrogens with zero attached hydrogens (tertiary/aromatic N) is 3. The van der Waals surface area contributed by atoms with E-state index < -0.39 is 15.9 Å². The maximum absolute atomic E-state index is 12.5. The van der Waals surface area contributed by atoms with Gasteiger partial charge in [0.2, 0.25) is 15.9 Å². The SMILES string of the molecule is CN(C1CC1)S(=O)(=O)c1ccc(C(=O)Nc2nnc(Cc3ccccc3)o2)cc1. The molecule has 1 aliphatic carbocycles. The van der Waals surface area contributed by atoms with E-state index >= 15 is 0 Å². The van der Waals surface area contributed by atoms with Crippen LogP contribution in [0.1, 0.15) is 34.7 Å². The number of rotatable bonds is 7. The van der Waals surface area contributed by atoms with E-state index in [1.807, 2.05) is 30.3 Å². The zero-order chi connectivity index (χ0) is 20.4. The molecule has 0 bridgehead atoms. The molecule has 0 unspecified atom stereocenters. The van der Waals surface area contributed by atoms with Crippen molar-refractivity contribution in [3.63, 3.8) is 0 Å². The summed E-state index contributed by atoms with van der Waals surface area (Å²) in [6.45, 7) is 0. The van der Waals surface area contributed by atoms with Gasteiger partial charge in [-0.25, -0.2) is 8.42 Å². The molecular formula is C20H20N4O4S. The lowest BCUT2D eigenvalue weighted by Gasteiger charge is -2.16. The van der Waals surface area contributed by atoms with E-state index in [1.54, 1.807) is 7.05 Å². The fraction of sp³-hybridized carbons (Fsp3) is 0.250. The van der Waals surface area contributed by atoms with Crippen LogP contribution in [0.25, 0.3) is 0 Å². The highest BCUT2D eigenvalue weighted by molar-refractivity contribution is 7.89. The van der Waals surface area contributed by atoms with Crippen molar-refractivity contribution in [3.8, 4) is 0 Å². The van der Waals surface area contributed by atoms with Crippen LogP contribution >= 0.6 is 0 Å². The second-order valence-corrected chi connectivity index (χ2v) is 8.89. The lowest BCUT2D eigenvalue weighted by atomic mass is 10.2. The van der Waals surface area contributed by atoms with E-state index in [4.69, 9.17) is 4.42 Å². The second-order valence-electron chi connectivity index (χ2n) is 6.89. The zero-order valence-corrected chi connectivity index (χ0v) is 16.6. The van der Waals surface area contributed by atoms with Crippen molar-refractivity contribution in [3.05, 3.63) is 71.6 Å². The van der Waals surface area contributed by atoms with E-state index in [9.17, 15) is 13.2 Å². The van der Waals surface area contributed by atoms with Gasteiger partial charge in [0.05, 0.1) is 11.3 Å². The molecule has 0 saturated heterocycles. The number of hydrogen-bond donors (Lipinski definition) is 1. The van der Waals surface area contributed by atoms with E-state index in [-0.39, 0.29) is 17.0 Å². The quantitative estimate of drug-likeness (QED) is 0.640. The van der Waals surface area contributed by atoms with Crippen LogP contribution in [0.4, 0.5) is 6.01 Å². The van der Waals surface area contributed by atoms with Crippen LogP contribution in [0.3, 0.4) is 0 Å². The van der Waals surface area contributed by atoms with Crippen LogP contribution in [0.5, 0.6) is 0 Å². The van der Waals surface area contributed by atoms with Crippen molar-refractivity contribution in [1.29, 1.82) is 0 Å². The van der Waals surface area contributed by atoms with Gasteiger partial charge in [0.15, 0.2) is 0 Å². The first-order chi connectivity index (χ1) is 13.9. The summed E-state index contributed by atoms with van der Waals surface area (Å²) in [6, 6.07) is 15.5. The van der Waals surface area contributed by atoms with Crippen molar-refractivity contribution in [2.45, 2.75) is 30.2 Å². The highest BCUT2D eigenvalue weighted by Gasteiger charge is 2.35. The van der Waals surface area contributed by atoms with Crippen molar-refractivity contribution >= 4 is 21.9 Å². The first-order valence-electron chi connectivity index (χ1n) is 9.19. The van der Waals surface area contributed by atoms with Gasteiger partial charge in [-0.2, -0.15) is 4.31 Å². The second kappa shape index (κ2) is 7.76. The first-order valence-corrected chi connectivity index (χ1v) is 10.6. The summed E-state index contributed by atoms with van der Waals surface area (Å²) in [7, 11) is -1.96. The minimum Gasteiger partial charge on any atom is -0.407 e. The van der Waals surface area contributed by atoms with Crippen LogP contribution < -0.4 is 5.32 Å². The Morgan fingerprint density at radius 1 is 1.10 bits per heavy atom. The number of aromatic nitrogens is 2. The van der Waals surface area contributed by atoms with Crippen LogP contribution in [0.2, 0.25) is 0 Å². The summed E-state index contributed by atoms with van der Waals surface area (Å²) < 4.78 is 31.9. The largest absolute Gasteiger partial charge is 0.407 e. The zero-order valence-electron chi connectivity index (χ0n) is 15.8. The molecule has 1 saturated carbocycles. The number of carbonyl (C=O) groups is 1. The monoisotopic (exact) mass is 412 g/mol. The van der Waals surface area contributed by atoms with Crippen LogP contribution in [-0.4, -0.2) is 41.9 Å². The Morgan fingerprint density at radius 2 is 1.79 bits per heavy atom. The topological polar surface area (TPSA) is 105 Å². The van der Waals surface area contributed by atoms with Crippen molar-refractivity contribution in [2.24, 2.45) is 0 Å². The molecule has 4 rings (SSSR count). The molecule has 29 heavy (non-hydrogen) atoms. The van der Waals surface area contributed by atoms with Gasteiger partial charge in [0.1, 0.15) is 0 Å². The Hall–Kier alpha value is -3.04.